The maximum atomic E-state index is 6.10. The normalized spacial score (nSPS) is 18.7. The zero-order valence-electron chi connectivity index (χ0n) is 9.32. The quantitative estimate of drug-likeness (QED) is 0.500. The van der Waals surface area contributed by atoms with Gasteiger partial charge in [0.1, 0.15) is 5.84 Å². The van der Waals surface area contributed by atoms with Crippen LogP contribution in [0.5, 0.6) is 0 Å². The molecule has 1 aliphatic rings. The molecule has 86 valence electrons. The Kier molecular flexibility index (Phi) is 4.21. The van der Waals surface area contributed by atoms with Crippen LogP contribution in [0.4, 0.5) is 5.69 Å². The highest BCUT2D eigenvalue weighted by molar-refractivity contribution is 14.1. The fraction of sp³-hybridized carbons (Fsp3) is 0.462. The van der Waals surface area contributed by atoms with Crippen molar-refractivity contribution in [2.75, 3.05) is 0 Å². The molecule has 1 saturated carbocycles. The predicted octanol–water partition coefficient (Wildman–Crippen LogP) is 3.86. The van der Waals surface area contributed by atoms with E-state index in [9.17, 15) is 0 Å². The Balaban J connectivity index is 2.13. The van der Waals surface area contributed by atoms with Gasteiger partial charge in [-0.05, 0) is 47.6 Å². The first-order chi connectivity index (χ1) is 7.77. The van der Waals surface area contributed by atoms with Crippen molar-refractivity contribution >= 4 is 34.1 Å². The number of hydrogen-bond donors (Lipinski definition) is 1. The molecule has 1 aliphatic carbocycles. The van der Waals surface area contributed by atoms with E-state index in [-0.39, 0.29) is 0 Å². The van der Waals surface area contributed by atoms with E-state index in [0.29, 0.717) is 5.92 Å². The number of rotatable bonds is 2. The molecule has 0 bridgehead atoms. The lowest BCUT2D eigenvalue weighted by atomic mass is 9.88. The number of nitrogens with two attached hydrogens (primary N) is 1. The van der Waals surface area contributed by atoms with Crippen molar-refractivity contribution in [3.63, 3.8) is 0 Å². The van der Waals surface area contributed by atoms with Crippen LogP contribution in [-0.2, 0) is 0 Å². The molecule has 0 radical (unpaired) electrons. The first kappa shape index (κ1) is 11.9. The molecule has 0 aliphatic heterocycles. The molecule has 3 heteroatoms. The predicted molar refractivity (Wildman–Crippen MR) is 77.0 cm³/mol. The Hall–Kier alpha value is -0.580. The van der Waals surface area contributed by atoms with Gasteiger partial charge < -0.3 is 5.73 Å². The molecule has 0 aromatic heterocycles. The minimum atomic E-state index is 0.504. The van der Waals surface area contributed by atoms with Crippen LogP contribution in [-0.4, -0.2) is 5.84 Å². The average molecular weight is 328 g/mol. The molecule has 0 amide bonds. The Morgan fingerprint density at radius 1 is 1.19 bits per heavy atom. The molecule has 0 heterocycles. The van der Waals surface area contributed by atoms with Crippen LogP contribution in [0.25, 0.3) is 0 Å². The highest BCUT2D eigenvalue weighted by Crippen LogP contribution is 2.26. The van der Waals surface area contributed by atoms with E-state index < -0.39 is 0 Å². The summed E-state index contributed by atoms with van der Waals surface area (Å²) in [4.78, 5) is 4.57. The Morgan fingerprint density at radius 2 is 1.88 bits per heavy atom. The van der Waals surface area contributed by atoms with Gasteiger partial charge in [-0.2, -0.15) is 0 Å². The average Bonchev–Trinajstić information content (AvgIpc) is 2.33. The van der Waals surface area contributed by atoms with Crippen molar-refractivity contribution in [1.82, 2.24) is 0 Å². The fourth-order valence-electron chi connectivity index (χ4n) is 2.17. The maximum Gasteiger partial charge on any atom is 0.103 e. The maximum absolute atomic E-state index is 6.10. The molecular formula is C13H17IN2. The number of hydrogen-bond acceptors (Lipinski definition) is 1. The number of amidine groups is 1. The van der Waals surface area contributed by atoms with Gasteiger partial charge in [0.15, 0.2) is 0 Å². The third kappa shape index (κ3) is 2.97. The second-order valence-corrected chi connectivity index (χ2v) is 5.49. The topological polar surface area (TPSA) is 38.4 Å². The number of halogens is 1. The van der Waals surface area contributed by atoms with Crippen LogP contribution >= 0.6 is 22.6 Å². The molecule has 1 aromatic carbocycles. The van der Waals surface area contributed by atoms with Crippen molar-refractivity contribution in [1.29, 1.82) is 0 Å². The van der Waals surface area contributed by atoms with Crippen molar-refractivity contribution in [2.24, 2.45) is 16.6 Å². The zero-order chi connectivity index (χ0) is 11.4. The number of benzene rings is 1. The molecule has 0 atom stereocenters. The van der Waals surface area contributed by atoms with Gasteiger partial charge in [0.25, 0.3) is 0 Å². The van der Waals surface area contributed by atoms with E-state index in [0.717, 1.165) is 11.5 Å². The summed E-state index contributed by atoms with van der Waals surface area (Å²) in [5, 5.41) is 0. The fourth-order valence-corrected chi connectivity index (χ4v) is 2.68. The minimum absolute atomic E-state index is 0.504. The molecule has 0 unspecified atom stereocenters. The van der Waals surface area contributed by atoms with Crippen molar-refractivity contribution in [3.05, 3.63) is 27.8 Å². The molecule has 2 nitrogen and oxygen atoms in total. The monoisotopic (exact) mass is 328 g/mol. The smallest absolute Gasteiger partial charge is 0.103 e. The SMILES string of the molecule is NC(=Nc1ccccc1I)C1CCCCC1. The van der Waals surface area contributed by atoms with E-state index in [1.807, 2.05) is 18.2 Å². The van der Waals surface area contributed by atoms with Crippen LogP contribution in [0, 0.1) is 9.49 Å². The lowest BCUT2D eigenvalue weighted by Gasteiger charge is -2.20. The summed E-state index contributed by atoms with van der Waals surface area (Å²) >= 11 is 2.30. The van der Waals surface area contributed by atoms with Crippen molar-refractivity contribution in [2.45, 2.75) is 32.1 Å². The number of nitrogens with zero attached hydrogens (tertiary/aromatic N) is 1. The van der Waals surface area contributed by atoms with Gasteiger partial charge in [-0.15, -0.1) is 0 Å². The van der Waals surface area contributed by atoms with E-state index in [1.165, 1.54) is 35.7 Å². The molecule has 1 fully saturated rings. The van der Waals surface area contributed by atoms with E-state index in [4.69, 9.17) is 5.73 Å². The summed E-state index contributed by atoms with van der Waals surface area (Å²) in [5.74, 6) is 1.33. The summed E-state index contributed by atoms with van der Waals surface area (Å²) < 4.78 is 1.17. The van der Waals surface area contributed by atoms with Gasteiger partial charge in [-0.3, -0.25) is 0 Å². The van der Waals surface area contributed by atoms with Crippen LogP contribution < -0.4 is 5.73 Å². The standard InChI is InChI=1S/C13H17IN2/c14-11-8-4-5-9-12(11)16-13(15)10-6-2-1-3-7-10/h4-5,8-10H,1-3,6-7H2,(H2,15,16). The third-order valence-corrected chi connectivity index (χ3v) is 4.04. The third-order valence-electron chi connectivity index (χ3n) is 3.13. The summed E-state index contributed by atoms with van der Waals surface area (Å²) in [6.07, 6.45) is 6.36. The van der Waals surface area contributed by atoms with Crippen molar-refractivity contribution in [3.8, 4) is 0 Å². The van der Waals surface area contributed by atoms with Gasteiger partial charge >= 0.3 is 0 Å². The van der Waals surface area contributed by atoms with Gasteiger partial charge in [0.2, 0.25) is 0 Å². The summed E-state index contributed by atoms with van der Waals surface area (Å²) in [7, 11) is 0. The summed E-state index contributed by atoms with van der Waals surface area (Å²) in [6.45, 7) is 0. The summed E-state index contributed by atoms with van der Waals surface area (Å²) in [5.41, 5.74) is 7.10. The van der Waals surface area contributed by atoms with Crippen LogP contribution in [0.1, 0.15) is 32.1 Å². The molecule has 0 saturated heterocycles. The molecule has 1 aromatic rings. The largest absolute Gasteiger partial charge is 0.387 e. The van der Waals surface area contributed by atoms with Crippen LogP contribution in [0.3, 0.4) is 0 Å². The second kappa shape index (κ2) is 5.66. The van der Waals surface area contributed by atoms with E-state index >= 15 is 0 Å². The van der Waals surface area contributed by atoms with E-state index in [1.54, 1.807) is 0 Å². The Labute approximate surface area is 110 Å². The van der Waals surface area contributed by atoms with Gasteiger partial charge in [0.05, 0.1) is 5.69 Å². The summed E-state index contributed by atoms with van der Waals surface area (Å²) in [6, 6.07) is 8.12. The van der Waals surface area contributed by atoms with Gasteiger partial charge in [0, 0.05) is 9.49 Å². The molecule has 2 rings (SSSR count). The molecule has 16 heavy (non-hydrogen) atoms. The number of para-hydroxylation sites is 1. The first-order valence-electron chi connectivity index (χ1n) is 5.86. The Bertz CT molecular complexity index is 381. The minimum Gasteiger partial charge on any atom is -0.387 e. The molecular weight excluding hydrogens is 311 g/mol. The lowest BCUT2D eigenvalue weighted by molar-refractivity contribution is 0.437. The highest BCUT2D eigenvalue weighted by atomic mass is 127. The lowest BCUT2D eigenvalue weighted by Crippen LogP contribution is -2.25. The second-order valence-electron chi connectivity index (χ2n) is 4.32. The highest BCUT2D eigenvalue weighted by Gasteiger charge is 2.17. The Morgan fingerprint density at radius 3 is 2.56 bits per heavy atom. The van der Waals surface area contributed by atoms with E-state index in [2.05, 4.69) is 33.6 Å². The molecule has 2 N–H and O–H groups in total. The van der Waals surface area contributed by atoms with Gasteiger partial charge in [-0.1, -0.05) is 31.4 Å². The number of aliphatic imine (C=N–C) groups is 1. The van der Waals surface area contributed by atoms with Crippen LogP contribution in [0.2, 0.25) is 0 Å². The first-order valence-corrected chi connectivity index (χ1v) is 6.94. The van der Waals surface area contributed by atoms with Gasteiger partial charge in [-0.25, -0.2) is 4.99 Å². The molecule has 0 spiro atoms. The zero-order valence-corrected chi connectivity index (χ0v) is 11.5. The van der Waals surface area contributed by atoms with Crippen LogP contribution in [0.15, 0.2) is 29.3 Å². The van der Waals surface area contributed by atoms with Crippen molar-refractivity contribution < 1.29 is 0 Å².